The molecule has 3 heteroatoms. The van der Waals surface area contributed by atoms with Gasteiger partial charge in [0.25, 0.3) is 0 Å². The lowest BCUT2D eigenvalue weighted by Crippen LogP contribution is -2.57. The average molecular weight is 328 g/mol. The van der Waals surface area contributed by atoms with Gasteiger partial charge in [-0.3, -0.25) is 0 Å². The Bertz CT molecular complexity index is 390. The topological polar surface area (TPSA) is 12.0 Å². The number of rotatable bonds is 4. The Morgan fingerprint density at radius 2 is 1.83 bits per heavy atom. The summed E-state index contributed by atoms with van der Waals surface area (Å²) in [6.45, 7) is 9.13. The second kappa shape index (κ2) is 5.56. The van der Waals surface area contributed by atoms with E-state index in [1.165, 1.54) is 17.7 Å². The van der Waals surface area contributed by atoms with E-state index in [1.54, 1.807) is 0 Å². The van der Waals surface area contributed by atoms with Gasteiger partial charge in [-0.05, 0) is 29.9 Å². The summed E-state index contributed by atoms with van der Waals surface area (Å²) in [5.41, 5.74) is 1.86. The molecule has 0 unspecified atom stereocenters. The smallest absolute Gasteiger partial charge is 0.0210 e. The highest BCUT2D eigenvalue weighted by atomic mass is 79.9. The molecule has 1 aromatic rings. The number of hydrogen-bond acceptors (Lipinski definition) is 2. The van der Waals surface area contributed by atoms with E-state index in [2.05, 4.69) is 78.0 Å². The number of hydrogen-bond donors (Lipinski definition) is 1. The SMILES string of the molecule is CC(C)(C)SCCC1(c2ccc(Br)cc2)CNC1. The summed E-state index contributed by atoms with van der Waals surface area (Å²) in [4.78, 5) is 0. The first-order valence-corrected chi connectivity index (χ1v) is 8.30. The summed E-state index contributed by atoms with van der Waals surface area (Å²) in [6, 6.07) is 8.86. The first-order chi connectivity index (χ1) is 8.41. The van der Waals surface area contributed by atoms with Crippen LogP contribution in [0.2, 0.25) is 0 Å². The van der Waals surface area contributed by atoms with Gasteiger partial charge in [0.05, 0.1) is 0 Å². The predicted molar refractivity (Wildman–Crippen MR) is 85.5 cm³/mol. The molecule has 0 radical (unpaired) electrons. The molecule has 100 valence electrons. The summed E-state index contributed by atoms with van der Waals surface area (Å²) >= 11 is 5.58. The van der Waals surface area contributed by atoms with Crippen LogP contribution in [0.5, 0.6) is 0 Å². The molecule has 1 heterocycles. The van der Waals surface area contributed by atoms with Crippen LogP contribution in [-0.2, 0) is 5.41 Å². The van der Waals surface area contributed by atoms with Crippen LogP contribution in [0, 0.1) is 0 Å². The van der Waals surface area contributed by atoms with Crippen LogP contribution in [0.1, 0.15) is 32.8 Å². The first-order valence-electron chi connectivity index (χ1n) is 6.52. The quantitative estimate of drug-likeness (QED) is 0.888. The molecule has 0 amide bonds. The fourth-order valence-electron chi connectivity index (χ4n) is 2.31. The molecule has 1 N–H and O–H groups in total. The van der Waals surface area contributed by atoms with Gasteiger partial charge in [-0.2, -0.15) is 11.8 Å². The van der Waals surface area contributed by atoms with Crippen molar-refractivity contribution in [2.24, 2.45) is 0 Å². The van der Waals surface area contributed by atoms with Crippen LogP contribution >= 0.6 is 27.7 Å². The average Bonchev–Trinajstić information content (AvgIpc) is 2.22. The molecule has 0 saturated carbocycles. The Kier molecular flexibility index (Phi) is 4.45. The van der Waals surface area contributed by atoms with Crippen LogP contribution in [0.25, 0.3) is 0 Å². The Morgan fingerprint density at radius 3 is 2.28 bits per heavy atom. The zero-order valence-electron chi connectivity index (χ0n) is 11.4. The maximum absolute atomic E-state index is 3.51. The zero-order valence-corrected chi connectivity index (χ0v) is 13.8. The summed E-state index contributed by atoms with van der Waals surface area (Å²) < 4.78 is 1.54. The summed E-state index contributed by atoms with van der Waals surface area (Å²) in [7, 11) is 0. The van der Waals surface area contributed by atoms with E-state index in [0.29, 0.717) is 10.2 Å². The standard InChI is InChI=1S/C15H22BrNS/c1-14(2,3)18-9-8-15(10-17-11-15)12-4-6-13(16)7-5-12/h4-7,17H,8-11H2,1-3H3. The predicted octanol–water partition coefficient (Wildman–Crippen LogP) is 4.21. The number of halogens is 1. The van der Waals surface area contributed by atoms with Crippen LogP contribution in [0.3, 0.4) is 0 Å². The highest BCUT2D eigenvalue weighted by Crippen LogP contribution is 2.36. The largest absolute Gasteiger partial charge is 0.315 e. The van der Waals surface area contributed by atoms with Gasteiger partial charge >= 0.3 is 0 Å². The first kappa shape index (κ1) is 14.4. The molecular weight excluding hydrogens is 306 g/mol. The molecular formula is C15H22BrNS. The van der Waals surface area contributed by atoms with E-state index in [9.17, 15) is 0 Å². The summed E-state index contributed by atoms with van der Waals surface area (Å²) in [6.07, 6.45) is 1.27. The molecule has 2 rings (SSSR count). The van der Waals surface area contributed by atoms with E-state index in [4.69, 9.17) is 0 Å². The van der Waals surface area contributed by atoms with Crippen molar-refractivity contribution >= 4 is 27.7 Å². The number of thioether (sulfide) groups is 1. The van der Waals surface area contributed by atoms with Crippen molar-refractivity contribution in [3.63, 3.8) is 0 Å². The van der Waals surface area contributed by atoms with Crippen molar-refractivity contribution in [2.75, 3.05) is 18.8 Å². The van der Waals surface area contributed by atoms with Gasteiger partial charge in [0.1, 0.15) is 0 Å². The van der Waals surface area contributed by atoms with Crippen molar-refractivity contribution < 1.29 is 0 Å². The van der Waals surface area contributed by atoms with E-state index >= 15 is 0 Å². The summed E-state index contributed by atoms with van der Waals surface area (Å²) in [5.74, 6) is 1.24. The molecule has 0 bridgehead atoms. The molecule has 0 aromatic heterocycles. The second-order valence-corrected chi connectivity index (χ2v) is 8.94. The van der Waals surface area contributed by atoms with E-state index in [1.807, 2.05) is 0 Å². The van der Waals surface area contributed by atoms with Gasteiger partial charge in [0.2, 0.25) is 0 Å². The van der Waals surface area contributed by atoms with Crippen LogP contribution in [0.15, 0.2) is 28.7 Å². The molecule has 0 aliphatic carbocycles. The minimum atomic E-state index is 0.373. The van der Waals surface area contributed by atoms with Crippen molar-refractivity contribution in [2.45, 2.75) is 37.4 Å². The van der Waals surface area contributed by atoms with Crippen LogP contribution in [-0.4, -0.2) is 23.6 Å². The fraction of sp³-hybridized carbons (Fsp3) is 0.600. The third kappa shape index (κ3) is 3.52. The molecule has 1 aliphatic rings. The maximum atomic E-state index is 3.51. The molecule has 1 aromatic carbocycles. The third-order valence-electron chi connectivity index (χ3n) is 3.50. The Hall–Kier alpha value is 0.01000. The van der Waals surface area contributed by atoms with Gasteiger partial charge < -0.3 is 5.32 Å². The normalized spacial score (nSPS) is 18.4. The van der Waals surface area contributed by atoms with Gasteiger partial charge in [-0.15, -0.1) is 0 Å². The minimum absolute atomic E-state index is 0.373. The van der Waals surface area contributed by atoms with Gasteiger partial charge in [-0.25, -0.2) is 0 Å². The fourth-order valence-corrected chi connectivity index (χ4v) is 3.68. The number of benzene rings is 1. The van der Waals surface area contributed by atoms with Crippen molar-refractivity contribution in [1.82, 2.24) is 5.32 Å². The minimum Gasteiger partial charge on any atom is -0.315 e. The van der Waals surface area contributed by atoms with Gasteiger partial charge in [0.15, 0.2) is 0 Å². The van der Waals surface area contributed by atoms with E-state index in [-0.39, 0.29) is 0 Å². The lowest BCUT2D eigenvalue weighted by atomic mass is 9.73. The highest BCUT2D eigenvalue weighted by molar-refractivity contribution is 9.10. The lowest BCUT2D eigenvalue weighted by Gasteiger charge is -2.44. The molecule has 1 nitrogen and oxygen atoms in total. The summed E-state index contributed by atoms with van der Waals surface area (Å²) in [5, 5.41) is 3.44. The van der Waals surface area contributed by atoms with E-state index < -0.39 is 0 Å². The molecule has 0 spiro atoms. The highest BCUT2D eigenvalue weighted by Gasteiger charge is 2.38. The zero-order chi connectivity index (χ0) is 13.2. The van der Waals surface area contributed by atoms with Crippen LogP contribution < -0.4 is 5.32 Å². The second-order valence-electron chi connectivity index (χ2n) is 6.10. The number of nitrogens with one attached hydrogen (secondary N) is 1. The lowest BCUT2D eigenvalue weighted by molar-refractivity contribution is 0.269. The van der Waals surface area contributed by atoms with Gasteiger partial charge in [0, 0.05) is 27.7 Å². The van der Waals surface area contributed by atoms with Crippen molar-refractivity contribution in [3.05, 3.63) is 34.3 Å². The van der Waals surface area contributed by atoms with Crippen LogP contribution in [0.4, 0.5) is 0 Å². The molecule has 18 heavy (non-hydrogen) atoms. The Balaban J connectivity index is 2.00. The van der Waals surface area contributed by atoms with Gasteiger partial charge in [-0.1, -0.05) is 48.8 Å². The van der Waals surface area contributed by atoms with Crippen molar-refractivity contribution in [3.8, 4) is 0 Å². The van der Waals surface area contributed by atoms with Crippen molar-refractivity contribution in [1.29, 1.82) is 0 Å². The Labute approximate surface area is 123 Å². The third-order valence-corrected chi connectivity index (χ3v) is 5.30. The Morgan fingerprint density at radius 1 is 1.22 bits per heavy atom. The monoisotopic (exact) mass is 327 g/mol. The maximum Gasteiger partial charge on any atom is 0.0210 e. The van der Waals surface area contributed by atoms with E-state index in [0.717, 1.165) is 17.6 Å². The molecule has 0 atom stereocenters. The molecule has 1 saturated heterocycles. The molecule has 1 aliphatic heterocycles. The molecule has 1 fully saturated rings.